The van der Waals surface area contributed by atoms with E-state index in [9.17, 15) is 0 Å². The van der Waals surface area contributed by atoms with Crippen LogP contribution in [0.15, 0.2) is 0 Å². The van der Waals surface area contributed by atoms with Crippen molar-refractivity contribution in [2.75, 3.05) is 0 Å². The lowest BCUT2D eigenvalue weighted by molar-refractivity contribution is 0.405. The van der Waals surface area contributed by atoms with Crippen LogP contribution in [-0.2, 0) is 4.57 Å². The van der Waals surface area contributed by atoms with Crippen LogP contribution in [0.1, 0.15) is 0 Å². The van der Waals surface area contributed by atoms with Crippen molar-refractivity contribution in [3.05, 3.63) is 0 Å². The lowest BCUT2D eigenvalue weighted by Gasteiger charge is -1.34. The number of rotatable bonds is 0. The van der Waals surface area contributed by atoms with Crippen LogP contribution >= 0.6 is 8.25 Å². The average molecular weight is 107 g/mol. The smallest absolute Gasteiger partial charge is 0.134 e. The fourth-order valence-corrected chi connectivity index (χ4v) is 0. The fourth-order valence-electron chi connectivity index (χ4n) is 0. The third-order valence-electron chi connectivity index (χ3n) is 0. The van der Waals surface area contributed by atoms with E-state index in [-0.39, 0.29) is 0 Å². The third kappa shape index (κ3) is 135. The molecule has 0 rings (SSSR count). The van der Waals surface area contributed by atoms with Crippen LogP contribution in [0.25, 0.3) is 0 Å². The average Bonchev–Trinajstić information content (AvgIpc) is 1.41. The predicted molar refractivity (Wildman–Crippen MR) is 21.9 cm³/mol. The van der Waals surface area contributed by atoms with E-state index >= 15 is 0 Å². The molecule has 0 radical (unpaired) electrons. The molecule has 0 aliphatic heterocycles. The Kier molecular flexibility index (Phi) is 13.4. The third-order valence-corrected chi connectivity index (χ3v) is 0. The van der Waals surface area contributed by atoms with Gasteiger partial charge in [-0.25, -0.2) is 0 Å². The lowest BCUT2D eigenvalue weighted by atomic mass is 11.4. The van der Waals surface area contributed by atoms with Gasteiger partial charge in [0.05, 0.1) is 0 Å². The van der Waals surface area contributed by atoms with Gasteiger partial charge in [-0.1, -0.05) is 0 Å². The first-order valence-corrected chi connectivity index (χ1v) is 2.08. The van der Waals surface area contributed by atoms with Gasteiger partial charge >= 0.3 is 8.25 Å². The predicted octanol–water partition coefficient (Wildman–Crippen LogP) is -0.122. The van der Waals surface area contributed by atoms with Crippen LogP contribution in [0.4, 0.5) is 0 Å². The summed E-state index contributed by atoms with van der Waals surface area (Å²) in [5.74, 6) is 0. The highest BCUT2D eigenvalue weighted by Crippen LogP contribution is 1.98. The first-order valence-electron chi connectivity index (χ1n) is 0.916. The molecule has 0 bridgehead atoms. The molecule has 0 unspecified atom stereocenters. The quantitative estimate of drug-likeness (QED) is 0.335. The van der Waals surface area contributed by atoms with Crippen LogP contribution in [0.3, 0.4) is 0 Å². The molecule has 0 aromatic rings. The van der Waals surface area contributed by atoms with Crippen LogP contribution in [0, 0.1) is 12.8 Å². The van der Waals surface area contributed by atoms with Gasteiger partial charge in [-0.2, -0.15) is 0 Å². The molecule has 0 aliphatic rings. The second-order valence-corrected chi connectivity index (χ2v) is 0.758. The molecule has 6 heavy (non-hydrogen) atoms. The highest BCUT2D eigenvalue weighted by molar-refractivity contribution is 7.30. The van der Waals surface area contributed by atoms with Crippen molar-refractivity contribution >= 4 is 8.25 Å². The van der Waals surface area contributed by atoms with E-state index in [1.807, 2.05) is 0 Å². The topological polar surface area (TPSA) is 57.5 Å². The maximum absolute atomic E-state index is 8.70. The van der Waals surface area contributed by atoms with Crippen molar-refractivity contribution in [2.24, 2.45) is 0 Å². The van der Waals surface area contributed by atoms with E-state index < -0.39 is 8.25 Å². The largest absolute Gasteiger partial charge is 0.692 e. The van der Waals surface area contributed by atoms with Crippen LogP contribution in [-0.4, -0.2) is 9.79 Å². The molecule has 34 valence electrons. The fraction of sp³-hybridized carbons (Fsp3) is 0. The zero-order chi connectivity index (χ0) is 5.58. The van der Waals surface area contributed by atoms with Crippen LogP contribution in [0.5, 0.6) is 0 Å². The van der Waals surface area contributed by atoms with Gasteiger partial charge in [0.15, 0.2) is 0 Å². The zero-order valence-corrected chi connectivity index (χ0v) is 3.80. The summed E-state index contributed by atoms with van der Waals surface area (Å²) >= 11 is 0. The minimum absolute atomic E-state index is 2.87. The summed E-state index contributed by atoms with van der Waals surface area (Å²) in [6.07, 6.45) is 8.00. The molecule has 0 amide bonds. The summed E-state index contributed by atoms with van der Waals surface area (Å²) in [5, 5.41) is 0. The van der Waals surface area contributed by atoms with E-state index in [4.69, 9.17) is 14.4 Å². The molecule has 0 heterocycles. The molecule has 4 heteroatoms. The Hall–Kier alpha value is -0.420. The molecular formula is C2H4O3P+. The minimum Gasteiger partial charge on any atom is -0.134 e. The lowest BCUT2D eigenvalue weighted by Crippen LogP contribution is -1.38. The summed E-state index contributed by atoms with van der Waals surface area (Å²) in [6, 6.07) is 0. The number of hydrogen-bond acceptors (Lipinski definition) is 1. The van der Waals surface area contributed by atoms with Crippen molar-refractivity contribution in [2.45, 2.75) is 0 Å². The van der Waals surface area contributed by atoms with E-state index in [1.165, 1.54) is 0 Å². The maximum atomic E-state index is 8.70. The number of hydrogen-bond donors (Lipinski definition) is 2. The molecule has 0 aliphatic carbocycles. The Labute approximate surface area is 36.6 Å². The number of terminal acetylenes is 1. The SMILES string of the molecule is C#C.O=[P+](O)O. The highest BCUT2D eigenvalue weighted by atomic mass is 31.1. The van der Waals surface area contributed by atoms with Crippen LogP contribution < -0.4 is 0 Å². The summed E-state index contributed by atoms with van der Waals surface area (Å²) in [4.78, 5) is 14.2. The monoisotopic (exact) mass is 107 g/mol. The summed E-state index contributed by atoms with van der Waals surface area (Å²) in [7, 11) is -2.87. The van der Waals surface area contributed by atoms with Gasteiger partial charge in [-0.05, 0) is 0 Å². The van der Waals surface area contributed by atoms with Gasteiger partial charge in [0.25, 0.3) is 0 Å². The molecule has 0 saturated carbocycles. The van der Waals surface area contributed by atoms with Crippen molar-refractivity contribution in [1.82, 2.24) is 0 Å². The van der Waals surface area contributed by atoms with Gasteiger partial charge in [-0.3, -0.25) is 0 Å². The highest BCUT2D eigenvalue weighted by Gasteiger charge is 1.93. The first kappa shape index (κ1) is 9.13. The van der Waals surface area contributed by atoms with Crippen molar-refractivity contribution in [1.29, 1.82) is 0 Å². The Bertz CT molecular complexity index is 53.1. The Morgan fingerprint density at radius 2 is 1.33 bits per heavy atom. The van der Waals surface area contributed by atoms with E-state index in [0.717, 1.165) is 0 Å². The summed E-state index contributed by atoms with van der Waals surface area (Å²) in [6.45, 7) is 0. The van der Waals surface area contributed by atoms with E-state index in [1.54, 1.807) is 0 Å². The van der Waals surface area contributed by atoms with Crippen molar-refractivity contribution in [3.8, 4) is 12.8 Å². The molecule has 0 atom stereocenters. The normalized spacial score (nSPS) is 4.67. The maximum Gasteiger partial charge on any atom is 0.692 e. The second-order valence-electron chi connectivity index (χ2n) is 0.253. The Morgan fingerprint density at radius 1 is 1.33 bits per heavy atom. The van der Waals surface area contributed by atoms with Crippen molar-refractivity contribution in [3.63, 3.8) is 0 Å². The Morgan fingerprint density at radius 3 is 1.33 bits per heavy atom. The van der Waals surface area contributed by atoms with E-state index in [0.29, 0.717) is 0 Å². The first-order chi connectivity index (χ1) is 2.73. The van der Waals surface area contributed by atoms with Gasteiger partial charge in [0.2, 0.25) is 0 Å². The molecule has 0 spiro atoms. The molecule has 0 saturated heterocycles. The van der Waals surface area contributed by atoms with Crippen LogP contribution in [0.2, 0.25) is 0 Å². The minimum atomic E-state index is -2.87. The second kappa shape index (κ2) is 8.82. The molecule has 0 fully saturated rings. The molecule has 0 aromatic heterocycles. The zero-order valence-electron chi connectivity index (χ0n) is 2.90. The standard InChI is InChI=1S/C2H2.HO3P/c1-2;1-4(2)3/h1-2H;(H-,1,2,3)/p+1. The molecular weight excluding hydrogens is 103 g/mol. The molecule has 3 nitrogen and oxygen atoms in total. The summed E-state index contributed by atoms with van der Waals surface area (Å²) in [5.41, 5.74) is 0. The van der Waals surface area contributed by atoms with Gasteiger partial charge < -0.3 is 0 Å². The molecule has 0 aromatic carbocycles. The summed E-state index contributed by atoms with van der Waals surface area (Å²) < 4.78 is 8.70. The van der Waals surface area contributed by atoms with E-state index in [2.05, 4.69) is 12.8 Å². The molecule has 2 N–H and O–H groups in total. The van der Waals surface area contributed by atoms with Gasteiger partial charge in [0, 0.05) is 4.57 Å². The Balaban J connectivity index is 0. The van der Waals surface area contributed by atoms with Gasteiger partial charge in [0.1, 0.15) is 0 Å². The van der Waals surface area contributed by atoms with Crippen molar-refractivity contribution < 1.29 is 14.4 Å². The van der Waals surface area contributed by atoms with Gasteiger partial charge in [-0.15, -0.1) is 22.6 Å².